The van der Waals surface area contributed by atoms with Crippen LogP contribution in [0.15, 0.2) is 53.1 Å². The normalized spacial score (nSPS) is 10.6. The Morgan fingerprint density at radius 2 is 1.74 bits per heavy atom. The molecule has 0 aliphatic rings. The van der Waals surface area contributed by atoms with E-state index in [0.29, 0.717) is 16.0 Å². The summed E-state index contributed by atoms with van der Waals surface area (Å²) >= 11 is 15.8. The molecule has 0 aliphatic carbocycles. The zero-order valence-corrected chi connectivity index (χ0v) is 15.2. The van der Waals surface area contributed by atoms with E-state index in [-0.39, 0.29) is 0 Å². The second-order valence-electron chi connectivity index (χ2n) is 4.84. The summed E-state index contributed by atoms with van der Waals surface area (Å²) in [6, 6.07) is 13.4. The maximum absolute atomic E-state index is 6.37. The van der Waals surface area contributed by atoms with Gasteiger partial charge in [-0.3, -0.25) is 0 Å². The smallest absolute Gasteiger partial charge is 0.222 e. The molecule has 23 heavy (non-hydrogen) atoms. The molecule has 3 nitrogen and oxygen atoms in total. The Hall–Kier alpha value is -1.62. The van der Waals surface area contributed by atoms with Crippen molar-refractivity contribution in [1.82, 2.24) is 9.97 Å². The molecular formula is C17H12BrCl2N3. The average Bonchev–Trinajstić information content (AvgIpc) is 2.55. The van der Waals surface area contributed by atoms with Crippen molar-refractivity contribution in [3.05, 3.63) is 63.2 Å². The maximum Gasteiger partial charge on any atom is 0.222 e. The Kier molecular flexibility index (Phi) is 4.85. The summed E-state index contributed by atoms with van der Waals surface area (Å²) in [7, 11) is 1.78. The first-order valence-electron chi connectivity index (χ1n) is 6.84. The second-order valence-corrected chi connectivity index (χ2v) is 6.60. The molecule has 1 heterocycles. The first-order chi connectivity index (χ1) is 11.1. The molecule has 0 amide bonds. The summed E-state index contributed by atoms with van der Waals surface area (Å²) in [5, 5.41) is 4.10. The van der Waals surface area contributed by atoms with Gasteiger partial charge in [-0.1, -0.05) is 51.3 Å². The zero-order valence-electron chi connectivity index (χ0n) is 12.1. The van der Waals surface area contributed by atoms with Gasteiger partial charge in [-0.15, -0.1) is 0 Å². The van der Waals surface area contributed by atoms with Crippen LogP contribution in [0.1, 0.15) is 0 Å². The summed E-state index contributed by atoms with van der Waals surface area (Å²) in [4.78, 5) is 8.92. The van der Waals surface area contributed by atoms with Crippen LogP contribution in [0.2, 0.25) is 10.0 Å². The zero-order chi connectivity index (χ0) is 16.4. The van der Waals surface area contributed by atoms with Crippen molar-refractivity contribution in [1.29, 1.82) is 0 Å². The molecule has 2 aromatic carbocycles. The fourth-order valence-electron chi connectivity index (χ4n) is 2.23. The first kappa shape index (κ1) is 16.2. The van der Waals surface area contributed by atoms with Crippen LogP contribution >= 0.6 is 39.1 Å². The van der Waals surface area contributed by atoms with Crippen molar-refractivity contribution >= 4 is 45.1 Å². The lowest BCUT2D eigenvalue weighted by Gasteiger charge is -2.12. The first-order valence-corrected chi connectivity index (χ1v) is 8.39. The van der Waals surface area contributed by atoms with Crippen molar-refractivity contribution in [2.45, 2.75) is 0 Å². The molecule has 3 rings (SSSR count). The number of aromatic nitrogens is 2. The lowest BCUT2D eigenvalue weighted by molar-refractivity contribution is 1.16. The summed E-state index contributed by atoms with van der Waals surface area (Å²) in [6.45, 7) is 0. The summed E-state index contributed by atoms with van der Waals surface area (Å²) in [6.07, 6.45) is 1.79. The quantitative estimate of drug-likeness (QED) is 0.584. The van der Waals surface area contributed by atoms with Crippen LogP contribution < -0.4 is 5.32 Å². The van der Waals surface area contributed by atoms with Crippen molar-refractivity contribution in [3.8, 4) is 22.4 Å². The summed E-state index contributed by atoms with van der Waals surface area (Å²) in [5.41, 5.74) is 3.49. The fraction of sp³-hybridized carbons (Fsp3) is 0.0588. The number of nitrogens with one attached hydrogen (secondary N) is 1. The van der Waals surface area contributed by atoms with Crippen LogP contribution in [0.25, 0.3) is 22.4 Å². The van der Waals surface area contributed by atoms with Gasteiger partial charge in [-0.05, 0) is 35.9 Å². The van der Waals surface area contributed by atoms with Gasteiger partial charge in [0, 0.05) is 33.9 Å². The molecule has 0 spiro atoms. The predicted octanol–water partition coefficient (Wildman–Crippen LogP) is 5.92. The minimum atomic E-state index is 0.534. The van der Waals surface area contributed by atoms with Crippen molar-refractivity contribution in [2.75, 3.05) is 12.4 Å². The van der Waals surface area contributed by atoms with E-state index < -0.39 is 0 Å². The van der Waals surface area contributed by atoms with Gasteiger partial charge in [0.15, 0.2) is 0 Å². The van der Waals surface area contributed by atoms with Crippen molar-refractivity contribution < 1.29 is 0 Å². The van der Waals surface area contributed by atoms with Gasteiger partial charge in [0.05, 0.1) is 10.7 Å². The topological polar surface area (TPSA) is 37.8 Å². The Bertz CT molecular complexity index is 851. The Labute approximate surface area is 152 Å². The van der Waals surface area contributed by atoms with Gasteiger partial charge in [-0.2, -0.15) is 0 Å². The summed E-state index contributed by atoms with van der Waals surface area (Å²) < 4.78 is 1.01. The van der Waals surface area contributed by atoms with Gasteiger partial charge >= 0.3 is 0 Å². The number of benzene rings is 2. The van der Waals surface area contributed by atoms with Crippen LogP contribution in [0.5, 0.6) is 0 Å². The number of hydrogen-bond donors (Lipinski definition) is 1. The van der Waals surface area contributed by atoms with E-state index in [1.165, 1.54) is 0 Å². The van der Waals surface area contributed by atoms with Crippen LogP contribution in [0.4, 0.5) is 5.95 Å². The van der Waals surface area contributed by atoms with Crippen LogP contribution in [0.3, 0.4) is 0 Å². The predicted molar refractivity (Wildman–Crippen MR) is 100 cm³/mol. The minimum absolute atomic E-state index is 0.534. The Morgan fingerprint density at radius 3 is 2.39 bits per heavy atom. The van der Waals surface area contributed by atoms with E-state index in [2.05, 4.69) is 31.2 Å². The van der Waals surface area contributed by atoms with E-state index in [1.807, 2.05) is 30.3 Å². The Morgan fingerprint density at radius 1 is 1.00 bits per heavy atom. The molecule has 6 heteroatoms. The molecule has 0 bridgehead atoms. The SMILES string of the molecule is CNc1ncc(-c2ccc(Br)cc2)c(-c2ccc(Cl)cc2Cl)n1. The number of halogens is 3. The molecule has 0 saturated carbocycles. The molecule has 0 aliphatic heterocycles. The highest BCUT2D eigenvalue weighted by Crippen LogP contribution is 2.36. The number of anilines is 1. The van der Waals surface area contributed by atoms with Crippen LogP contribution in [0, 0.1) is 0 Å². The van der Waals surface area contributed by atoms with Gasteiger partial charge in [0.1, 0.15) is 0 Å². The van der Waals surface area contributed by atoms with Gasteiger partial charge in [0.2, 0.25) is 5.95 Å². The largest absolute Gasteiger partial charge is 0.357 e. The third kappa shape index (κ3) is 3.50. The number of rotatable bonds is 3. The average molecular weight is 409 g/mol. The monoisotopic (exact) mass is 407 g/mol. The third-order valence-corrected chi connectivity index (χ3v) is 4.43. The molecule has 1 N–H and O–H groups in total. The van der Waals surface area contributed by atoms with E-state index >= 15 is 0 Å². The highest BCUT2D eigenvalue weighted by atomic mass is 79.9. The van der Waals surface area contributed by atoms with E-state index in [0.717, 1.165) is 26.9 Å². The van der Waals surface area contributed by atoms with Crippen LogP contribution in [-0.2, 0) is 0 Å². The standard InChI is InChI=1S/C17H12BrCl2N3/c1-21-17-22-9-14(10-2-4-11(18)5-3-10)16(23-17)13-7-6-12(19)8-15(13)20/h2-9H,1H3,(H,21,22,23). The van der Waals surface area contributed by atoms with Gasteiger partial charge in [0.25, 0.3) is 0 Å². The van der Waals surface area contributed by atoms with E-state index in [4.69, 9.17) is 23.2 Å². The maximum atomic E-state index is 6.37. The lowest BCUT2D eigenvalue weighted by atomic mass is 10.0. The summed E-state index contributed by atoms with van der Waals surface area (Å²) in [5.74, 6) is 0.534. The van der Waals surface area contributed by atoms with Gasteiger partial charge < -0.3 is 5.32 Å². The fourth-order valence-corrected chi connectivity index (χ4v) is 2.99. The highest BCUT2D eigenvalue weighted by molar-refractivity contribution is 9.10. The molecule has 0 fully saturated rings. The molecule has 0 radical (unpaired) electrons. The van der Waals surface area contributed by atoms with E-state index in [1.54, 1.807) is 25.4 Å². The second kappa shape index (κ2) is 6.87. The number of nitrogens with zero attached hydrogens (tertiary/aromatic N) is 2. The van der Waals surface area contributed by atoms with Crippen molar-refractivity contribution in [3.63, 3.8) is 0 Å². The molecule has 1 aromatic heterocycles. The third-order valence-electron chi connectivity index (χ3n) is 3.35. The van der Waals surface area contributed by atoms with E-state index in [9.17, 15) is 0 Å². The van der Waals surface area contributed by atoms with Gasteiger partial charge in [-0.25, -0.2) is 9.97 Å². The molecule has 3 aromatic rings. The molecular weight excluding hydrogens is 397 g/mol. The Balaban J connectivity index is 2.22. The lowest BCUT2D eigenvalue weighted by Crippen LogP contribution is -1.99. The number of hydrogen-bond acceptors (Lipinski definition) is 3. The minimum Gasteiger partial charge on any atom is -0.357 e. The molecule has 0 unspecified atom stereocenters. The van der Waals surface area contributed by atoms with Crippen molar-refractivity contribution in [2.24, 2.45) is 0 Å². The molecule has 116 valence electrons. The molecule has 0 atom stereocenters. The highest BCUT2D eigenvalue weighted by Gasteiger charge is 2.14. The van der Waals surface area contributed by atoms with Crippen LogP contribution in [-0.4, -0.2) is 17.0 Å². The molecule has 0 saturated heterocycles.